The smallest absolute Gasteiger partial charge is 0.135 e. The Hall–Kier alpha value is -4.96. The molecule has 0 spiro atoms. The molecule has 4 aromatic rings. The Kier molecular flexibility index (Phi) is 17.3. The van der Waals surface area contributed by atoms with Crippen molar-refractivity contribution < 1.29 is 19.7 Å². The summed E-state index contributed by atoms with van der Waals surface area (Å²) in [5.74, 6) is 2.22. The molecule has 2 N–H and O–H groups in total. The van der Waals surface area contributed by atoms with Crippen molar-refractivity contribution in [2.45, 2.75) is 189 Å². The minimum atomic E-state index is -0.184. The van der Waals surface area contributed by atoms with Crippen LogP contribution in [0.2, 0.25) is 0 Å². The number of benzene rings is 4. The monoisotopic (exact) mass is 875 g/mol. The quantitative estimate of drug-likeness (QED) is 0.0820. The van der Waals surface area contributed by atoms with Crippen molar-refractivity contribution in [3.05, 3.63) is 129 Å². The molecule has 4 nitrogen and oxygen atoms in total. The first-order chi connectivity index (χ1) is 31.8. The van der Waals surface area contributed by atoms with Gasteiger partial charge in [-0.15, -0.1) is 0 Å². The maximum atomic E-state index is 12.4. The van der Waals surface area contributed by atoms with Crippen LogP contribution in [0, 0.1) is 13.8 Å². The van der Waals surface area contributed by atoms with E-state index in [2.05, 4.69) is 102 Å². The molecule has 346 valence electrons. The van der Waals surface area contributed by atoms with Gasteiger partial charge >= 0.3 is 0 Å². The van der Waals surface area contributed by atoms with Crippen LogP contribution in [0.3, 0.4) is 0 Å². The highest BCUT2D eigenvalue weighted by Gasteiger charge is 2.33. The van der Waals surface area contributed by atoms with Crippen LogP contribution in [-0.2, 0) is 0 Å². The second kappa shape index (κ2) is 23.5. The number of hydrogen-bond donors (Lipinski definition) is 2. The molecular weight excluding hydrogens is 797 g/mol. The molecule has 2 saturated carbocycles. The first-order valence-corrected chi connectivity index (χ1v) is 25.8. The summed E-state index contributed by atoms with van der Waals surface area (Å²) in [4.78, 5) is 0. The summed E-state index contributed by atoms with van der Waals surface area (Å²) in [6.45, 7) is 13.3. The number of ether oxygens (including phenoxy) is 2. The minimum Gasteiger partial charge on any atom is -0.507 e. The second-order valence-corrected chi connectivity index (χ2v) is 19.1. The molecule has 0 amide bonds. The molecule has 0 radical (unpaired) electrons. The van der Waals surface area contributed by atoms with Crippen molar-refractivity contribution >= 4 is 11.1 Å². The van der Waals surface area contributed by atoms with Crippen LogP contribution in [0.25, 0.3) is 33.4 Å². The zero-order valence-electron chi connectivity index (χ0n) is 40.8. The first-order valence-electron chi connectivity index (χ1n) is 25.8. The summed E-state index contributed by atoms with van der Waals surface area (Å²) in [5, 5.41) is 24.8. The van der Waals surface area contributed by atoms with Crippen LogP contribution in [-0.4, -0.2) is 22.4 Å². The number of rotatable bonds is 17. The third-order valence-electron chi connectivity index (χ3n) is 14.3. The fourth-order valence-electron chi connectivity index (χ4n) is 10.9. The highest BCUT2D eigenvalue weighted by molar-refractivity contribution is 5.87. The Balaban J connectivity index is 1.21. The van der Waals surface area contributed by atoms with Gasteiger partial charge in [0.1, 0.15) is 35.2 Å². The SMILES string of the molecule is CCCC/C=C(CC)\C(CC)=C(/CCCC)c1cc(C)cc(-c2ccccc2O[C@@H]2CCCC2Oc2ccccc2-c2cc(C)cc(/C3=C4\CCCC\C4=C\CCCCCC3)c2O)c1O. The maximum Gasteiger partial charge on any atom is 0.135 e. The Morgan fingerprint density at radius 1 is 0.600 bits per heavy atom. The highest BCUT2D eigenvalue weighted by Crippen LogP contribution is 2.48. The van der Waals surface area contributed by atoms with Gasteiger partial charge in [-0.3, -0.25) is 0 Å². The zero-order chi connectivity index (χ0) is 45.7. The number of fused-ring (bicyclic) bond motifs is 1. The van der Waals surface area contributed by atoms with E-state index in [0.29, 0.717) is 11.5 Å². The van der Waals surface area contributed by atoms with Crippen LogP contribution in [0.5, 0.6) is 23.0 Å². The van der Waals surface area contributed by atoms with Gasteiger partial charge in [-0.2, -0.15) is 0 Å². The predicted molar refractivity (Wildman–Crippen MR) is 275 cm³/mol. The third-order valence-corrected chi connectivity index (χ3v) is 14.3. The van der Waals surface area contributed by atoms with Gasteiger partial charge in [0.25, 0.3) is 0 Å². The van der Waals surface area contributed by atoms with Gasteiger partial charge in [0, 0.05) is 33.4 Å². The van der Waals surface area contributed by atoms with Gasteiger partial charge in [0.05, 0.1) is 0 Å². The van der Waals surface area contributed by atoms with Gasteiger partial charge in [0.2, 0.25) is 0 Å². The van der Waals surface area contributed by atoms with Gasteiger partial charge < -0.3 is 19.7 Å². The Labute approximate surface area is 392 Å². The van der Waals surface area contributed by atoms with E-state index < -0.39 is 0 Å². The summed E-state index contributed by atoms with van der Waals surface area (Å²) < 4.78 is 14.1. The number of allylic oxidation sites excluding steroid dienone is 8. The van der Waals surface area contributed by atoms with E-state index in [0.717, 1.165) is 146 Å². The number of hydrogen-bond acceptors (Lipinski definition) is 4. The van der Waals surface area contributed by atoms with Crippen molar-refractivity contribution in [1.29, 1.82) is 0 Å². The van der Waals surface area contributed by atoms with Crippen LogP contribution in [0.15, 0.2) is 107 Å². The summed E-state index contributed by atoms with van der Waals surface area (Å²) in [7, 11) is 0. The highest BCUT2D eigenvalue weighted by atomic mass is 16.5. The standard InChI is InChI=1S/C61H78O4/c1-7-11-16-26-44(9-3)46(10-4)48(29-12-8-2)52-38-42(5)40-54(60(52)62)50-32-21-23-34-56(50)64-58-36-25-37-59(58)65-57-35-24-22-33-51(57)55-41-43(6)39-53(61(55)63)49-31-18-15-13-14-17-27-45-28-19-20-30-47(45)49/h21-24,26-27,32-35,38-41,58-59,62-63H,7-20,25,28-31,36-37H2,1-6H3/b44-26-,45-27-,48-46+,49-47+/t58-,59?/m1/s1. The molecule has 2 fully saturated rings. The van der Waals surface area contributed by atoms with Crippen molar-refractivity contribution in [3.63, 3.8) is 0 Å². The summed E-state index contributed by atoms with van der Waals surface area (Å²) in [5.41, 5.74) is 16.1. The number of unbranched alkanes of at least 4 members (excludes halogenated alkanes) is 3. The van der Waals surface area contributed by atoms with Crippen LogP contribution in [0.1, 0.15) is 185 Å². The Bertz CT molecular complexity index is 2370. The second-order valence-electron chi connectivity index (χ2n) is 19.1. The number of phenols is 2. The van der Waals surface area contributed by atoms with E-state index in [4.69, 9.17) is 9.47 Å². The lowest BCUT2D eigenvalue weighted by Crippen LogP contribution is -2.31. The van der Waals surface area contributed by atoms with E-state index in [-0.39, 0.29) is 12.2 Å². The van der Waals surface area contributed by atoms with Crippen LogP contribution in [0.4, 0.5) is 0 Å². The molecule has 0 bridgehead atoms. The molecule has 0 heterocycles. The van der Waals surface area contributed by atoms with E-state index in [1.165, 1.54) is 78.4 Å². The van der Waals surface area contributed by atoms with Gasteiger partial charge in [-0.25, -0.2) is 0 Å². The lowest BCUT2D eigenvalue weighted by molar-refractivity contribution is 0.0787. The van der Waals surface area contributed by atoms with Gasteiger partial charge in [-0.1, -0.05) is 108 Å². The summed E-state index contributed by atoms with van der Waals surface area (Å²) in [6, 6.07) is 25.1. The van der Waals surface area contributed by atoms with Crippen molar-refractivity contribution in [1.82, 2.24) is 0 Å². The van der Waals surface area contributed by atoms with E-state index in [1.54, 1.807) is 0 Å². The normalized spacial score (nSPS) is 20.7. The molecule has 0 aliphatic heterocycles. The third kappa shape index (κ3) is 11.5. The van der Waals surface area contributed by atoms with Crippen molar-refractivity contribution in [2.75, 3.05) is 0 Å². The van der Waals surface area contributed by atoms with Crippen LogP contribution >= 0.6 is 0 Å². The number of para-hydroxylation sites is 2. The Morgan fingerprint density at radius 3 is 1.85 bits per heavy atom. The first kappa shape index (κ1) is 48.0. The minimum absolute atomic E-state index is 0.182. The zero-order valence-corrected chi connectivity index (χ0v) is 40.8. The van der Waals surface area contributed by atoms with E-state index in [1.807, 2.05) is 24.3 Å². The topological polar surface area (TPSA) is 58.9 Å². The van der Waals surface area contributed by atoms with Gasteiger partial charge in [0.15, 0.2) is 0 Å². The number of aryl methyl sites for hydroxylation is 2. The fourth-order valence-corrected chi connectivity index (χ4v) is 10.9. The Morgan fingerprint density at radius 2 is 1.18 bits per heavy atom. The fraction of sp³-hybridized carbons (Fsp3) is 0.475. The van der Waals surface area contributed by atoms with E-state index >= 15 is 0 Å². The average Bonchev–Trinajstić information content (AvgIpc) is 3.76. The van der Waals surface area contributed by atoms with Gasteiger partial charge in [-0.05, 0) is 198 Å². The average molecular weight is 875 g/mol. The maximum absolute atomic E-state index is 12.4. The summed E-state index contributed by atoms with van der Waals surface area (Å²) in [6.07, 6.45) is 27.6. The molecular formula is C61H78O4. The largest absolute Gasteiger partial charge is 0.507 e. The lowest BCUT2D eigenvalue weighted by Gasteiger charge is -2.27. The van der Waals surface area contributed by atoms with E-state index in [9.17, 15) is 10.2 Å². The van der Waals surface area contributed by atoms with Crippen molar-refractivity contribution in [2.24, 2.45) is 0 Å². The molecule has 1 unspecified atom stereocenters. The molecule has 0 saturated heterocycles. The summed E-state index contributed by atoms with van der Waals surface area (Å²) >= 11 is 0. The molecule has 2 atom stereocenters. The number of aromatic hydroxyl groups is 2. The number of phenolic OH excluding ortho intramolecular Hbond substituents is 2. The predicted octanol–water partition coefficient (Wildman–Crippen LogP) is 17.9. The molecule has 7 rings (SSSR count). The lowest BCUT2D eigenvalue weighted by atomic mass is 9.80. The molecule has 4 heteroatoms. The van der Waals surface area contributed by atoms with Crippen LogP contribution < -0.4 is 9.47 Å². The molecule has 0 aromatic heterocycles. The molecule has 3 aliphatic rings. The molecule has 3 aliphatic carbocycles. The van der Waals surface area contributed by atoms with Crippen molar-refractivity contribution in [3.8, 4) is 45.3 Å². The molecule has 4 aromatic carbocycles. The molecule has 65 heavy (non-hydrogen) atoms.